The SMILES string of the molecule is C.Cc1cccc(NS(=O)(=O)c2ccc3[nH]c(=S)[nH]c3c2)c1.Cc1nc2c3c(ccc2[nH]1)C(=O)c1ccccc1C3=O.Cc1nc2cc3c(cc2[nH]1)OCCCO3. The van der Waals surface area contributed by atoms with Gasteiger partial charge in [0.2, 0.25) is 0 Å². The van der Waals surface area contributed by atoms with Crippen LogP contribution in [-0.4, -0.2) is 63.1 Å². The molecule has 8 aromatic rings. The summed E-state index contributed by atoms with van der Waals surface area (Å²) in [4.78, 5) is 46.2. The predicted octanol–water partition coefficient (Wildman–Crippen LogP) is 8.65. The van der Waals surface area contributed by atoms with E-state index in [4.69, 9.17) is 21.7 Å². The van der Waals surface area contributed by atoms with E-state index in [1.165, 1.54) is 0 Å². The zero-order valence-electron chi connectivity index (χ0n) is 30.4. The Balaban J connectivity index is 0.000000131. The number of aryl methyl sites for hydroxylation is 3. The molecule has 0 amide bonds. The number of nitrogens with one attached hydrogen (secondary N) is 5. The summed E-state index contributed by atoms with van der Waals surface area (Å²) >= 11 is 4.99. The van der Waals surface area contributed by atoms with Crippen molar-refractivity contribution in [2.75, 3.05) is 17.9 Å². The third-order valence-electron chi connectivity index (χ3n) is 9.20. The van der Waals surface area contributed by atoms with Gasteiger partial charge in [0.15, 0.2) is 27.8 Å². The molecule has 13 nitrogen and oxygen atoms in total. The van der Waals surface area contributed by atoms with Gasteiger partial charge in [-0.25, -0.2) is 18.4 Å². The predicted molar refractivity (Wildman–Crippen MR) is 223 cm³/mol. The van der Waals surface area contributed by atoms with Gasteiger partial charge in [-0.3, -0.25) is 14.3 Å². The minimum atomic E-state index is -3.63. The second-order valence-electron chi connectivity index (χ2n) is 13.4. The van der Waals surface area contributed by atoms with Gasteiger partial charge in [0.1, 0.15) is 17.2 Å². The van der Waals surface area contributed by atoms with Gasteiger partial charge in [0.05, 0.1) is 51.3 Å². The number of hydrogen-bond donors (Lipinski definition) is 5. The van der Waals surface area contributed by atoms with E-state index >= 15 is 0 Å². The largest absolute Gasteiger partial charge is 0.489 e. The standard InChI is InChI=1S/C16H10N2O2.C14H13N3O2S2.C11H12N2O2.CH4/c1-8-17-12-7-6-11-13(14(12)18-8)16(20)10-5-3-2-4-9(10)15(11)19;1-9-3-2-4-10(7-9)17-21(18,19)11-5-6-12-13(8-11)16-14(20)15-12;1-7-12-8-5-10-11(6-9(8)13-7)15-4-2-3-14-10;/h2-7H,1H3,(H,17,18);2-8,17H,1H3,(H2,15,16,20);5-6H,2-4H2,1H3,(H,12,13);1H4. The van der Waals surface area contributed by atoms with E-state index in [1.807, 2.05) is 39.0 Å². The maximum Gasteiger partial charge on any atom is 0.261 e. The first-order valence-corrected chi connectivity index (χ1v) is 19.6. The molecule has 2 aliphatic rings. The van der Waals surface area contributed by atoms with E-state index < -0.39 is 10.0 Å². The maximum absolute atomic E-state index is 12.7. The number of nitrogens with zero attached hydrogens (tertiary/aromatic N) is 2. The number of ether oxygens (including phenoxy) is 2. The summed E-state index contributed by atoms with van der Waals surface area (Å²) in [6.07, 6.45) is 0.926. The molecule has 4 heterocycles. The molecule has 5 aromatic carbocycles. The van der Waals surface area contributed by atoms with Crippen molar-refractivity contribution in [3.63, 3.8) is 0 Å². The number of anilines is 1. The molecule has 1 aliphatic carbocycles. The van der Waals surface area contributed by atoms with Crippen LogP contribution in [0, 0.1) is 25.5 Å². The number of fused-ring (bicyclic) bond motifs is 7. The summed E-state index contributed by atoms with van der Waals surface area (Å²) in [7, 11) is -3.63. The van der Waals surface area contributed by atoms with Crippen LogP contribution in [0.2, 0.25) is 0 Å². The van der Waals surface area contributed by atoms with Crippen LogP contribution in [0.3, 0.4) is 0 Å². The highest BCUT2D eigenvalue weighted by molar-refractivity contribution is 7.92. The van der Waals surface area contributed by atoms with Gasteiger partial charge in [-0.2, -0.15) is 0 Å². The van der Waals surface area contributed by atoms with Gasteiger partial charge < -0.3 is 29.4 Å². The van der Waals surface area contributed by atoms with Gasteiger partial charge in [0, 0.05) is 40.9 Å². The van der Waals surface area contributed by atoms with Crippen molar-refractivity contribution in [2.24, 2.45) is 0 Å². The van der Waals surface area contributed by atoms with Gasteiger partial charge >= 0.3 is 0 Å². The average Bonchev–Trinajstić information content (AvgIpc) is 3.80. The maximum atomic E-state index is 12.7. The van der Waals surface area contributed by atoms with Crippen LogP contribution in [0.1, 0.15) is 62.9 Å². The summed E-state index contributed by atoms with van der Waals surface area (Å²) in [6, 6.07) is 26.3. The minimum Gasteiger partial charge on any atom is -0.489 e. The molecule has 3 aromatic heterocycles. The number of carbonyl (C=O) groups excluding carboxylic acids is 2. The molecule has 15 heteroatoms. The number of carbonyl (C=O) groups is 2. The number of rotatable bonds is 3. The average molecular weight is 802 g/mol. The molecule has 1 aliphatic heterocycles. The molecule has 0 saturated heterocycles. The lowest BCUT2D eigenvalue weighted by atomic mass is 9.83. The molecule has 10 rings (SSSR count). The summed E-state index contributed by atoms with van der Waals surface area (Å²) in [5, 5.41) is 0. The van der Waals surface area contributed by atoms with Crippen molar-refractivity contribution >= 4 is 72.6 Å². The zero-order chi connectivity index (χ0) is 39.1. The third-order valence-corrected chi connectivity index (χ3v) is 10.8. The number of aromatic nitrogens is 6. The Morgan fingerprint density at radius 3 is 2.09 bits per heavy atom. The van der Waals surface area contributed by atoms with Gasteiger partial charge in [-0.05, 0) is 81.0 Å². The summed E-state index contributed by atoms with van der Waals surface area (Å²) in [5.74, 6) is 3.00. The van der Waals surface area contributed by atoms with Gasteiger partial charge in [-0.15, -0.1) is 0 Å². The first-order valence-electron chi connectivity index (χ1n) is 17.7. The molecular formula is C42H39N7O6S2. The van der Waals surface area contributed by atoms with E-state index in [9.17, 15) is 18.0 Å². The Morgan fingerprint density at radius 2 is 1.33 bits per heavy atom. The number of benzene rings is 5. The Morgan fingerprint density at radius 1 is 0.667 bits per heavy atom. The van der Waals surface area contributed by atoms with E-state index in [0.29, 0.717) is 57.0 Å². The summed E-state index contributed by atoms with van der Waals surface area (Å²) in [5.41, 5.74) is 8.01. The van der Waals surface area contributed by atoms with Crippen molar-refractivity contribution < 1.29 is 27.5 Å². The first kappa shape index (κ1) is 38.7. The quantitative estimate of drug-likeness (QED) is 0.109. The fourth-order valence-electron chi connectivity index (χ4n) is 6.67. The van der Waals surface area contributed by atoms with Crippen LogP contribution < -0.4 is 14.2 Å². The fourth-order valence-corrected chi connectivity index (χ4v) is 7.97. The smallest absolute Gasteiger partial charge is 0.261 e. The second-order valence-corrected chi connectivity index (χ2v) is 15.5. The summed E-state index contributed by atoms with van der Waals surface area (Å²) < 4.78 is 39.0. The van der Waals surface area contributed by atoms with Crippen molar-refractivity contribution in [2.45, 2.75) is 39.5 Å². The summed E-state index contributed by atoms with van der Waals surface area (Å²) in [6.45, 7) is 7.10. The fraction of sp³-hybridized carbons (Fsp3) is 0.167. The van der Waals surface area contributed by atoms with E-state index in [1.54, 1.807) is 72.8 Å². The lowest BCUT2D eigenvalue weighted by Crippen LogP contribution is -2.21. The van der Waals surface area contributed by atoms with Crippen LogP contribution in [0.5, 0.6) is 11.5 Å². The first-order chi connectivity index (χ1) is 26.9. The molecule has 0 radical (unpaired) electrons. The van der Waals surface area contributed by atoms with Gasteiger partial charge in [-0.1, -0.05) is 43.8 Å². The van der Waals surface area contributed by atoms with Crippen molar-refractivity contribution in [3.8, 4) is 11.5 Å². The highest BCUT2D eigenvalue weighted by Crippen LogP contribution is 2.34. The van der Waals surface area contributed by atoms with Crippen LogP contribution in [-0.2, 0) is 10.0 Å². The Bertz CT molecular complexity index is 2970. The van der Waals surface area contributed by atoms with Crippen molar-refractivity contribution in [3.05, 3.63) is 135 Å². The van der Waals surface area contributed by atoms with Crippen molar-refractivity contribution in [1.82, 2.24) is 29.9 Å². The molecule has 0 spiro atoms. The third kappa shape index (κ3) is 7.79. The topological polar surface area (TPSA) is 188 Å². The highest BCUT2D eigenvalue weighted by atomic mass is 32.2. The van der Waals surface area contributed by atoms with E-state index in [2.05, 4.69) is 34.6 Å². The molecule has 0 unspecified atom stereocenters. The molecule has 0 saturated carbocycles. The normalized spacial score (nSPS) is 13.0. The molecule has 57 heavy (non-hydrogen) atoms. The van der Waals surface area contributed by atoms with E-state index in [0.717, 1.165) is 57.2 Å². The second kappa shape index (κ2) is 15.5. The minimum absolute atomic E-state index is 0. The van der Waals surface area contributed by atoms with Crippen molar-refractivity contribution in [1.29, 1.82) is 0 Å². The number of sulfonamides is 1. The number of ketones is 2. The molecule has 290 valence electrons. The van der Waals surface area contributed by atoms with Crippen LogP contribution in [0.25, 0.3) is 33.1 Å². The molecule has 0 fully saturated rings. The Hall–Kier alpha value is -6.58. The van der Waals surface area contributed by atoms with E-state index in [-0.39, 0.29) is 23.9 Å². The number of hydrogen-bond acceptors (Lipinski definition) is 9. The lowest BCUT2D eigenvalue weighted by molar-refractivity contribution is 0.0980. The lowest BCUT2D eigenvalue weighted by Gasteiger charge is -2.17. The van der Waals surface area contributed by atoms with Crippen LogP contribution >= 0.6 is 12.2 Å². The zero-order valence-corrected chi connectivity index (χ0v) is 32.1. The molecular weight excluding hydrogens is 763 g/mol. The molecule has 0 bridgehead atoms. The molecule has 5 N–H and O–H groups in total. The molecule has 0 atom stereocenters. The van der Waals surface area contributed by atoms with Crippen LogP contribution in [0.4, 0.5) is 5.69 Å². The van der Waals surface area contributed by atoms with Crippen LogP contribution in [0.15, 0.2) is 95.9 Å². The number of H-pyrrole nitrogens is 4. The Kier molecular flexibility index (Phi) is 10.5. The Labute approximate surface area is 333 Å². The highest BCUT2D eigenvalue weighted by Gasteiger charge is 2.31. The number of imidazole rings is 3. The monoisotopic (exact) mass is 801 g/mol. The number of aromatic amines is 4. The van der Waals surface area contributed by atoms with Gasteiger partial charge in [0.25, 0.3) is 10.0 Å².